The molecule has 0 aromatic carbocycles. The molecule has 4 aromatic rings. The minimum Gasteiger partial charge on any atom is -0.461 e. The van der Waals surface area contributed by atoms with Gasteiger partial charge >= 0.3 is 5.69 Å². The van der Waals surface area contributed by atoms with Crippen LogP contribution in [0.4, 0.5) is 0 Å². The second kappa shape index (κ2) is 7.93. The topological polar surface area (TPSA) is 94.9 Å². The molecule has 0 saturated carbocycles. The van der Waals surface area contributed by atoms with Gasteiger partial charge in [0.15, 0.2) is 11.4 Å². The van der Waals surface area contributed by atoms with Crippen molar-refractivity contribution in [3.8, 4) is 11.6 Å². The van der Waals surface area contributed by atoms with Gasteiger partial charge in [0.2, 0.25) is 11.7 Å². The van der Waals surface area contributed by atoms with Gasteiger partial charge < -0.3 is 14.1 Å². The zero-order valence-corrected chi connectivity index (χ0v) is 18.2. The van der Waals surface area contributed by atoms with Gasteiger partial charge in [-0.1, -0.05) is 13.8 Å². The van der Waals surface area contributed by atoms with E-state index in [4.69, 9.17) is 9.15 Å². The van der Waals surface area contributed by atoms with Gasteiger partial charge in [-0.2, -0.15) is 4.52 Å². The fourth-order valence-electron chi connectivity index (χ4n) is 3.92. The Bertz CT molecular complexity index is 1300. The van der Waals surface area contributed by atoms with Crippen molar-refractivity contribution in [1.82, 2.24) is 24.1 Å². The smallest absolute Gasteiger partial charge is 0.352 e. The molecule has 0 spiro atoms. The number of carbonyl (C=O) groups excluding carboxylic acids is 1. The first kappa shape index (κ1) is 20.0. The highest BCUT2D eigenvalue weighted by molar-refractivity contribution is 7.17. The molecule has 1 aliphatic heterocycles. The highest BCUT2D eigenvalue weighted by atomic mass is 32.1. The minimum atomic E-state index is -0.382. The maximum atomic E-state index is 13.4. The van der Waals surface area contributed by atoms with E-state index in [9.17, 15) is 9.59 Å². The summed E-state index contributed by atoms with van der Waals surface area (Å²) in [5, 5.41) is 7.35. The highest BCUT2D eigenvalue weighted by Gasteiger charge is 2.24. The van der Waals surface area contributed by atoms with E-state index in [2.05, 4.69) is 29.3 Å². The van der Waals surface area contributed by atoms with Gasteiger partial charge in [0, 0.05) is 13.1 Å². The molecule has 5 heterocycles. The molecule has 162 valence electrons. The molecule has 0 unspecified atom stereocenters. The first-order valence-electron chi connectivity index (χ1n) is 10.3. The Labute approximate surface area is 181 Å². The van der Waals surface area contributed by atoms with Crippen LogP contribution in [0.25, 0.3) is 27.4 Å². The first-order chi connectivity index (χ1) is 15.0. The van der Waals surface area contributed by atoms with Crippen molar-refractivity contribution < 1.29 is 13.9 Å². The first-order valence-corrected chi connectivity index (χ1v) is 11.2. The van der Waals surface area contributed by atoms with E-state index in [1.54, 1.807) is 23.3 Å². The number of thiophene rings is 1. The Kier molecular flexibility index (Phi) is 5.11. The number of amides is 1. The standard InChI is InChI=1S/C21H23N5O4S/c1-13(2)10-14-12-31-20-17(14)19-22-18(15-4-3-7-30-15)23-26(19)21(28)25(20)11-16(27)24-5-8-29-9-6-24/h3-4,7,12-13H,5-6,8-11H2,1-2H3. The van der Waals surface area contributed by atoms with E-state index < -0.39 is 0 Å². The average molecular weight is 442 g/mol. The van der Waals surface area contributed by atoms with Crippen molar-refractivity contribution in [2.24, 2.45) is 5.92 Å². The summed E-state index contributed by atoms with van der Waals surface area (Å²) in [7, 11) is 0. The zero-order valence-electron chi connectivity index (χ0n) is 17.4. The Morgan fingerprint density at radius 1 is 1.29 bits per heavy atom. The minimum absolute atomic E-state index is 0.0388. The van der Waals surface area contributed by atoms with Crippen molar-refractivity contribution in [3.63, 3.8) is 0 Å². The van der Waals surface area contributed by atoms with E-state index >= 15 is 0 Å². The van der Waals surface area contributed by atoms with Crippen LogP contribution in [0.15, 0.2) is 33.0 Å². The van der Waals surface area contributed by atoms with Crippen LogP contribution in [0.5, 0.6) is 0 Å². The molecular weight excluding hydrogens is 418 g/mol. The molecule has 31 heavy (non-hydrogen) atoms. The maximum absolute atomic E-state index is 13.4. The number of rotatable bonds is 5. The molecule has 0 atom stereocenters. The molecule has 10 heteroatoms. The molecule has 0 bridgehead atoms. The summed E-state index contributed by atoms with van der Waals surface area (Å²) in [6.45, 7) is 6.36. The van der Waals surface area contributed by atoms with E-state index in [1.165, 1.54) is 20.4 Å². The van der Waals surface area contributed by atoms with Gasteiger partial charge in [-0.25, -0.2) is 9.78 Å². The molecule has 0 radical (unpaired) electrons. The normalized spacial score (nSPS) is 14.9. The Morgan fingerprint density at radius 2 is 2.10 bits per heavy atom. The van der Waals surface area contributed by atoms with Crippen LogP contribution in [0, 0.1) is 5.92 Å². The number of morpholine rings is 1. The van der Waals surface area contributed by atoms with Gasteiger partial charge in [-0.15, -0.1) is 16.4 Å². The number of carbonyl (C=O) groups is 1. The predicted octanol–water partition coefficient (Wildman–Crippen LogP) is 2.42. The lowest BCUT2D eigenvalue weighted by atomic mass is 10.0. The molecular formula is C21H23N5O4S. The van der Waals surface area contributed by atoms with Gasteiger partial charge in [0.05, 0.1) is 24.9 Å². The number of fused-ring (bicyclic) bond motifs is 3. The SMILES string of the molecule is CC(C)Cc1csc2c1c1nc(-c3ccco3)nn1c(=O)n2CC(=O)N1CCOCC1. The number of furan rings is 1. The van der Waals surface area contributed by atoms with Crippen LogP contribution >= 0.6 is 11.3 Å². The summed E-state index contributed by atoms with van der Waals surface area (Å²) >= 11 is 1.47. The lowest BCUT2D eigenvalue weighted by Gasteiger charge is -2.27. The van der Waals surface area contributed by atoms with E-state index in [0.717, 1.165) is 22.2 Å². The molecule has 4 aromatic heterocycles. The second-order valence-electron chi connectivity index (χ2n) is 8.05. The predicted molar refractivity (Wildman–Crippen MR) is 116 cm³/mol. The number of nitrogens with zero attached hydrogens (tertiary/aromatic N) is 5. The highest BCUT2D eigenvalue weighted by Crippen LogP contribution is 2.31. The van der Waals surface area contributed by atoms with Gasteiger partial charge in [-0.3, -0.25) is 9.36 Å². The number of ether oxygens (including phenoxy) is 1. The van der Waals surface area contributed by atoms with Crippen LogP contribution in [0.2, 0.25) is 0 Å². The number of hydrogen-bond donors (Lipinski definition) is 0. The van der Waals surface area contributed by atoms with Crippen molar-refractivity contribution in [2.75, 3.05) is 26.3 Å². The summed E-state index contributed by atoms with van der Waals surface area (Å²) in [4.78, 5) is 33.4. The third kappa shape index (κ3) is 3.55. The van der Waals surface area contributed by atoms with E-state index in [0.29, 0.717) is 49.5 Å². The van der Waals surface area contributed by atoms with Crippen molar-refractivity contribution >= 4 is 33.1 Å². The lowest BCUT2D eigenvalue weighted by molar-refractivity contribution is -0.135. The van der Waals surface area contributed by atoms with E-state index in [1.807, 2.05) is 0 Å². The third-order valence-electron chi connectivity index (χ3n) is 5.36. The third-order valence-corrected chi connectivity index (χ3v) is 6.41. The summed E-state index contributed by atoms with van der Waals surface area (Å²) in [6, 6.07) is 3.51. The lowest BCUT2D eigenvalue weighted by Crippen LogP contribution is -2.44. The zero-order chi connectivity index (χ0) is 21.5. The largest absolute Gasteiger partial charge is 0.461 e. The van der Waals surface area contributed by atoms with E-state index in [-0.39, 0.29) is 18.1 Å². The summed E-state index contributed by atoms with van der Waals surface area (Å²) < 4.78 is 13.6. The van der Waals surface area contributed by atoms with Gasteiger partial charge in [0.1, 0.15) is 11.4 Å². The summed E-state index contributed by atoms with van der Waals surface area (Å²) in [5.41, 5.74) is 1.22. The van der Waals surface area contributed by atoms with Crippen molar-refractivity contribution in [2.45, 2.75) is 26.8 Å². The Hall–Kier alpha value is -2.98. The number of hydrogen-bond acceptors (Lipinski definition) is 7. The number of aromatic nitrogens is 4. The molecule has 1 aliphatic rings. The van der Waals surface area contributed by atoms with Crippen LogP contribution in [0.3, 0.4) is 0 Å². The summed E-state index contributed by atoms with van der Waals surface area (Å²) in [6.07, 6.45) is 2.39. The maximum Gasteiger partial charge on any atom is 0.352 e. The molecule has 1 saturated heterocycles. The average Bonchev–Trinajstić information content (AvgIpc) is 3.50. The quantitative estimate of drug-likeness (QED) is 0.472. The Morgan fingerprint density at radius 3 is 2.81 bits per heavy atom. The molecule has 5 rings (SSSR count). The van der Waals surface area contributed by atoms with Crippen molar-refractivity contribution in [1.29, 1.82) is 0 Å². The van der Waals surface area contributed by atoms with Crippen molar-refractivity contribution in [3.05, 3.63) is 39.8 Å². The molecule has 0 aliphatic carbocycles. The van der Waals surface area contributed by atoms with Crippen LogP contribution in [0.1, 0.15) is 19.4 Å². The van der Waals surface area contributed by atoms with Crippen LogP contribution in [-0.2, 0) is 22.5 Å². The molecule has 9 nitrogen and oxygen atoms in total. The van der Waals surface area contributed by atoms with Crippen LogP contribution in [-0.4, -0.2) is 56.3 Å². The van der Waals surface area contributed by atoms with Crippen LogP contribution < -0.4 is 5.69 Å². The molecule has 0 N–H and O–H groups in total. The monoisotopic (exact) mass is 441 g/mol. The fraction of sp³-hybridized carbons (Fsp3) is 0.429. The molecule has 1 amide bonds. The second-order valence-corrected chi connectivity index (χ2v) is 8.91. The Balaban J connectivity index is 1.68. The summed E-state index contributed by atoms with van der Waals surface area (Å²) in [5.74, 6) is 1.17. The molecule has 1 fully saturated rings. The fourth-order valence-corrected chi connectivity index (χ4v) is 4.99. The van der Waals surface area contributed by atoms with Gasteiger partial charge in [0.25, 0.3) is 0 Å². The van der Waals surface area contributed by atoms with Gasteiger partial charge in [-0.05, 0) is 35.4 Å².